The van der Waals surface area contributed by atoms with Gasteiger partial charge in [-0.05, 0) is 31.1 Å². The van der Waals surface area contributed by atoms with Crippen molar-refractivity contribution in [2.24, 2.45) is 5.41 Å². The zero-order valence-corrected chi connectivity index (χ0v) is 7.81. The molecule has 0 atom stereocenters. The molecule has 0 aliphatic heterocycles. The Bertz CT molecular complexity index is 204. The van der Waals surface area contributed by atoms with E-state index in [0.29, 0.717) is 5.41 Å². The van der Waals surface area contributed by atoms with Crippen molar-refractivity contribution in [2.75, 3.05) is 0 Å². The fraction of sp³-hybridized carbons (Fsp3) is 0.667. The van der Waals surface area contributed by atoms with E-state index in [4.69, 9.17) is 0 Å². The van der Waals surface area contributed by atoms with E-state index >= 15 is 0 Å². The van der Waals surface area contributed by atoms with Crippen molar-refractivity contribution in [1.82, 2.24) is 0 Å². The summed E-state index contributed by atoms with van der Waals surface area (Å²) in [6.07, 6.45) is 14.5. The molecule has 0 aromatic heterocycles. The monoisotopic (exact) mass is 162 g/mol. The Morgan fingerprint density at radius 2 is 1.83 bits per heavy atom. The standard InChI is InChI=1S/C12H18/c1-11-5-9-12(10-6-11)7-3-2-4-8-12/h5,9H,1-4,6-8,10H2. The van der Waals surface area contributed by atoms with E-state index in [1.165, 1.54) is 50.5 Å². The highest BCUT2D eigenvalue weighted by molar-refractivity contribution is 5.22. The van der Waals surface area contributed by atoms with Crippen molar-refractivity contribution in [3.05, 3.63) is 24.3 Å². The summed E-state index contributed by atoms with van der Waals surface area (Å²) >= 11 is 0. The molecule has 2 aliphatic carbocycles. The average molecular weight is 162 g/mol. The van der Waals surface area contributed by atoms with Crippen molar-refractivity contribution in [3.8, 4) is 0 Å². The highest BCUT2D eigenvalue weighted by atomic mass is 14.3. The van der Waals surface area contributed by atoms with Crippen molar-refractivity contribution in [3.63, 3.8) is 0 Å². The summed E-state index contributed by atoms with van der Waals surface area (Å²) in [7, 11) is 0. The fourth-order valence-electron chi connectivity index (χ4n) is 2.54. The molecule has 0 radical (unpaired) electrons. The summed E-state index contributed by atoms with van der Waals surface area (Å²) in [6, 6.07) is 0. The van der Waals surface area contributed by atoms with Crippen molar-refractivity contribution >= 4 is 0 Å². The van der Waals surface area contributed by atoms with E-state index in [9.17, 15) is 0 Å². The van der Waals surface area contributed by atoms with E-state index < -0.39 is 0 Å². The minimum absolute atomic E-state index is 0.597. The topological polar surface area (TPSA) is 0 Å². The van der Waals surface area contributed by atoms with Crippen molar-refractivity contribution < 1.29 is 0 Å². The van der Waals surface area contributed by atoms with Gasteiger partial charge in [0, 0.05) is 0 Å². The highest BCUT2D eigenvalue weighted by Gasteiger charge is 2.30. The molecule has 2 rings (SSSR count). The molecule has 0 aromatic rings. The van der Waals surface area contributed by atoms with Crippen molar-refractivity contribution in [1.29, 1.82) is 0 Å². The van der Waals surface area contributed by atoms with Crippen LogP contribution in [0.2, 0.25) is 0 Å². The van der Waals surface area contributed by atoms with Gasteiger partial charge in [0.05, 0.1) is 0 Å². The van der Waals surface area contributed by atoms with Crippen LogP contribution in [0.5, 0.6) is 0 Å². The normalized spacial score (nSPS) is 27.8. The Hall–Kier alpha value is -0.520. The molecule has 0 nitrogen and oxygen atoms in total. The lowest BCUT2D eigenvalue weighted by Crippen LogP contribution is -2.23. The Morgan fingerprint density at radius 1 is 1.08 bits per heavy atom. The maximum absolute atomic E-state index is 4.01. The zero-order valence-electron chi connectivity index (χ0n) is 7.81. The molecule has 1 spiro atoms. The minimum atomic E-state index is 0.597. The van der Waals surface area contributed by atoms with Gasteiger partial charge < -0.3 is 0 Å². The predicted octanol–water partition coefficient (Wildman–Crippen LogP) is 3.84. The lowest BCUT2D eigenvalue weighted by atomic mass is 9.68. The van der Waals surface area contributed by atoms with Crippen LogP contribution in [0, 0.1) is 5.41 Å². The van der Waals surface area contributed by atoms with Gasteiger partial charge in [0.2, 0.25) is 0 Å². The minimum Gasteiger partial charge on any atom is -0.0958 e. The van der Waals surface area contributed by atoms with Crippen LogP contribution in [0.15, 0.2) is 24.3 Å². The molecular weight excluding hydrogens is 144 g/mol. The lowest BCUT2D eigenvalue weighted by Gasteiger charge is -2.37. The lowest BCUT2D eigenvalue weighted by molar-refractivity contribution is 0.235. The van der Waals surface area contributed by atoms with Gasteiger partial charge in [-0.3, -0.25) is 0 Å². The largest absolute Gasteiger partial charge is 0.0958 e. The first kappa shape index (κ1) is 8.10. The van der Waals surface area contributed by atoms with E-state index in [1.54, 1.807) is 0 Å². The van der Waals surface area contributed by atoms with Crippen LogP contribution < -0.4 is 0 Å². The second-order valence-electron chi connectivity index (χ2n) is 4.41. The summed E-state index contributed by atoms with van der Waals surface area (Å²) < 4.78 is 0. The summed E-state index contributed by atoms with van der Waals surface area (Å²) in [5.41, 5.74) is 1.92. The molecule has 0 heterocycles. The van der Waals surface area contributed by atoms with Crippen LogP contribution in [0.3, 0.4) is 0 Å². The fourth-order valence-corrected chi connectivity index (χ4v) is 2.54. The number of hydrogen-bond acceptors (Lipinski definition) is 0. The summed E-state index contributed by atoms with van der Waals surface area (Å²) in [5, 5.41) is 0. The van der Waals surface area contributed by atoms with Crippen LogP contribution in [0.25, 0.3) is 0 Å². The van der Waals surface area contributed by atoms with E-state index in [0.717, 1.165) is 0 Å². The molecule has 0 bridgehead atoms. The van der Waals surface area contributed by atoms with Gasteiger partial charge in [-0.15, -0.1) is 0 Å². The van der Waals surface area contributed by atoms with Gasteiger partial charge in [0.25, 0.3) is 0 Å². The number of allylic oxidation sites excluding steroid dienone is 3. The molecule has 0 N–H and O–H groups in total. The van der Waals surface area contributed by atoms with Crippen LogP contribution in [0.4, 0.5) is 0 Å². The predicted molar refractivity (Wildman–Crippen MR) is 53.0 cm³/mol. The van der Waals surface area contributed by atoms with Crippen LogP contribution in [-0.4, -0.2) is 0 Å². The highest BCUT2D eigenvalue weighted by Crippen LogP contribution is 2.44. The number of hydrogen-bond donors (Lipinski definition) is 0. The molecule has 0 heteroatoms. The molecule has 0 unspecified atom stereocenters. The van der Waals surface area contributed by atoms with E-state index in [2.05, 4.69) is 18.7 Å². The Kier molecular flexibility index (Phi) is 2.08. The van der Waals surface area contributed by atoms with Gasteiger partial charge in [-0.2, -0.15) is 0 Å². The third kappa shape index (κ3) is 1.48. The zero-order chi connectivity index (χ0) is 8.44. The Labute approximate surface area is 75.4 Å². The molecule has 66 valence electrons. The summed E-state index contributed by atoms with van der Waals surface area (Å²) in [5.74, 6) is 0. The third-order valence-corrected chi connectivity index (χ3v) is 3.47. The van der Waals surface area contributed by atoms with E-state index in [1.807, 2.05) is 0 Å². The maximum Gasteiger partial charge on any atom is -0.0112 e. The first-order valence-electron chi connectivity index (χ1n) is 5.18. The second-order valence-corrected chi connectivity index (χ2v) is 4.41. The molecule has 12 heavy (non-hydrogen) atoms. The summed E-state index contributed by atoms with van der Waals surface area (Å²) in [6.45, 7) is 4.01. The molecule has 0 amide bonds. The Morgan fingerprint density at radius 3 is 2.42 bits per heavy atom. The Balaban J connectivity index is 2.10. The van der Waals surface area contributed by atoms with E-state index in [-0.39, 0.29) is 0 Å². The first-order chi connectivity index (χ1) is 5.81. The summed E-state index contributed by atoms with van der Waals surface area (Å²) in [4.78, 5) is 0. The smallest absolute Gasteiger partial charge is 0.0112 e. The van der Waals surface area contributed by atoms with Crippen LogP contribution >= 0.6 is 0 Å². The molecule has 1 fully saturated rings. The molecular formula is C12H18. The van der Waals surface area contributed by atoms with Gasteiger partial charge in [0.15, 0.2) is 0 Å². The third-order valence-electron chi connectivity index (χ3n) is 3.47. The molecule has 1 saturated carbocycles. The number of rotatable bonds is 0. The van der Waals surface area contributed by atoms with Crippen LogP contribution in [-0.2, 0) is 0 Å². The second kappa shape index (κ2) is 3.08. The van der Waals surface area contributed by atoms with Gasteiger partial charge >= 0.3 is 0 Å². The molecule has 0 aromatic carbocycles. The van der Waals surface area contributed by atoms with Gasteiger partial charge in [0.1, 0.15) is 0 Å². The van der Waals surface area contributed by atoms with Gasteiger partial charge in [-0.1, -0.05) is 43.6 Å². The molecule has 0 saturated heterocycles. The van der Waals surface area contributed by atoms with Gasteiger partial charge in [-0.25, -0.2) is 0 Å². The SMILES string of the molecule is C=C1C=CC2(CCCCC2)CC1. The first-order valence-corrected chi connectivity index (χ1v) is 5.18. The van der Waals surface area contributed by atoms with Crippen molar-refractivity contribution in [2.45, 2.75) is 44.9 Å². The average Bonchev–Trinajstić information content (AvgIpc) is 2.13. The molecule has 2 aliphatic rings. The quantitative estimate of drug-likeness (QED) is 0.507. The maximum atomic E-state index is 4.01. The van der Waals surface area contributed by atoms with Crippen LogP contribution in [0.1, 0.15) is 44.9 Å².